The molecule has 0 spiro atoms. The van der Waals surface area contributed by atoms with Crippen molar-refractivity contribution in [3.8, 4) is 18.2 Å². The van der Waals surface area contributed by atoms with E-state index < -0.39 is 5.92 Å². The Kier molecular flexibility index (Phi) is 2.64. The number of nitriles is 3. The summed E-state index contributed by atoms with van der Waals surface area (Å²) in [4.78, 5) is 0. The van der Waals surface area contributed by atoms with E-state index in [0.29, 0.717) is 11.1 Å². The van der Waals surface area contributed by atoms with Gasteiger partial charge in [0, 0.05) is 0 Å². The van der Waals surface area contributed by atoms with Gasteiger partial charge < -0.3 is 0 Å². The fraction of sp³-hybridized carbons (Fsp3) is 0.100. The summed E-state index contributed by atoms with van der Waals surface area (Å²) in [7, 11) is 0. The highest BCUT2D eigenvalue weighted by molar-refractivity contribution is 5.38. The van der Waals surface area contributed by atoms with E-state index in [1.807, 2.05) is 18.2 Å². The second-order valence-electron chi connectivity index (χ2n) is 2.43. The summed E-state index contributed by atoms with van der Waals surface area (Å²) in [5, 5.41) is 25.7. The average molecular weight is 167 g/mol. The summed E-state index contributed by atoms with van der Waals surface area (Å²) in [6.07, 6.45) is 0. The van der Waals surface area contributed by atoms with E-state index in [1.165, 1.54) is 0 Å². The maximum absolute atomic E-state index is 8.59. The first kappa shape index (κ1) is 8.78. The van der Waals surface area contributed by atoms with E-state index in [-0.39, 0.29) is 0 Å². The van der Waals surface area contributed by atoms with Gasteiger partial charge in [0.1, 0.15) is 0 Å². The van der Waals surface area contributed by atoms with Crippen molar-refractivity contribution in [3.63, 3.8) is 0 Å². The van der Waals surface area contributed by atoms with Crippen molar-refractivity contribution in [3.05, 3.63) is 35.4 Å². The molecule has 0 heterocycles. The molecule has 0 atom stereocenters. The zero-order valence-corrected chi connectivity index (χ0v) is 6.73. The molecule has 0 saturated carbocycles. The van der Waals surface area contributed by atoms with Crippen LogP contribution in [0.25, 0.3) is 0 Å². The van der Waals surface area contributed by atoms with E-state index >= 15 is 0 Å². The number of benzene rings is 1. The standard InChI is InChI=1S/C10H5N3/c11-5-8-2-1-3-9(4-8)10(6-12)7-13/h1-4,10H. The van der Waals surface area contributed by atoms with Crippen molar-refractivity contribution >= 4 is 0 Å². The molecule has 60 valence electrons. The second kappa shape index (κ2) is 3.90. The molecule has 0 aliphatic carbocycles. The Bertz CT molecular complexity index is 415. The van der Waals surface area contributed by atoms with E-state index in [0.717, 1.165) is 0 Å². The minimum atomic E-state index is -0.784. The van der Waals surface area contributed by atoms with Crippen LogP contribution in [0.3, 0.4) is 0 Å². The first-order chi connectivity index (χ1) is 6.31. The third-order valence-corrected chi connectivity index (χ3v) is 1.61. The van der Waals surface area contributed by atoms with E-state index in [1.54, 1.807) is 24.3 Å². The fourth-order valence-corrected chi connectivity index (χ4v) is 0.966. The van der Waals surface area contributed by atoms with E-state index in [9.17, 15) is 0 Å². The smallest absolute Gasteiger partial charge is 0.158 e. The van der Waals surface area contributed by atoms with Gasteiger partial charge in [0.15, 0.2) is 5.92 Å². The van der Waals surface area contributed by atoms with Crippen LogP contribution in [0.1, 0.15) is 17.0 Å². The molecule has 0 fully saturated rings. The van der Waals surface area contributed by atoms with Gasteiger partial charge in [0.2, 0.25) is 0 Å². The van der Waals surface area contributed by atoms with Crippen molar-refractivity contribution in [1.29, 1.82) is 15.8 Å². The Morgan fingerprint density at radius 2 is 1.77 bits per heavy atom. The molecule has 1 rings (SSSR count). The molecule has 0 aromatic heterocycles. The van der Waals surface area contributed by atoms with Gasteiger partial charge in [0.05, 0.1) is 23.8 Å². The highest BCUT2D eigenvalue weighted by atomic mass is 14.3. The summed E-state index contributed by atoms with van der Waals surface area (Å²) in [6, 6.07) is 12.2. The summed E-state index contributed by atoms with van der Waals surface area (Å²) in [5.74, 6) is -0.784. The average Bonchev–Trinajstić information content (AvgIpc) is 2.20. The molecule has 1 aromatic rings. The van der Waals surface area contributed by atoms with Gasteiger partial charge in [0.25, 0.3) is 0 Å². The number of hydrogen-bond acceptors (Lipinski definition) is 3. The topological polar surface area (TPSA) is 71.4 Å². The van der Waals surface area contributed by atoms with Gasteiger partial charge in [-0.25, -0.2) is 0 Å². The summed E-state index contributed by atoms with van der Waals surface area (Å²) in [6.45, 7) is 0. The Hall–Kier alpha value is -2.31. The van der Waals surface area contributed by atoms with Crippen LogP contribution >= 0.6 is 0 Å². The highest BCUT2D eigenvalue weighted by Crippen LogP contribution is 2.14. The highest BCUT2D eigenvalue weighted by Gasteiger charge is 2.08. The molecule has 0 unspecified atom stereocenters. The Morgan fingerprint density at radius 3 is 2.31 bits per heavy atom. The van der Waals surface area contributed by atoms with Crippen LogP contribution in [0.2, 0.25) is 0 Å². The first-order valence-corrected chi connectivity index (χ1v) is 3.61. The molecule has 1 aromatic carbocycles. The van der Waals surface area contributed by atoms with Gasteiger partial charge in [-0.05, 0) is 17.7 Å². The summed E-state index contributed by atoms with van der Waals surface area (Å²) >= 11 is 0. The lowest BCUT2D eigenvalue weighted by atomic mass is 10.0. The Balaban J connectivity index is 3.13. The SMILES string of the molecule is N#Cc1cccc(C(C#N)C#N)c1. The second-order valence-corrected chi connectivity index (χ2v) is 2.43. The predicted molar refractivity (Wildman–Crippen MR) is 45.1 cm³/mol. The van der Waals surface area contributed by atoms with Crippen LogP contribution in [0.15, 0.2) is 24.3 Å². The lowest BCUT2D eigenvalue weighted by Gasteiger charge is -1.98. The molecular weight excluding hydrogens is 162 g/mol. The maximum atomic E-state index is 8.59. The lowest BCUT2D eigenvalue weighted by Crippen LogP contribution is -1.91. The van der Waals surface area contributed by atoms with Crippen molar-refractivity contribution in [2.75, 3.05) is 0 Å². The van der Waals surface area contributed by atoms with Crippen molar-refractivity contribution in [1.82, 2.24) is 0 Å². The fourth-order valence-electron chi connectivity index (χ4n) is 0.966. The molecule has 0 aliphatic heterocycles. The summed E-state index contributed by atoms with van der Waals surface area (Å²) in [5.41, 5.74) is 1.04. The van der Waals surface area contributed by atoms with Gasteiger partial charge in [-0.1, -0.05) is 12.1 Å². The van der Waals surface area contributed by atoms with Crippen LogP contribution < -0.4 is 0 Å². The van der Waals surface area contributed by atoms with Crippen LogP contribution in [0, 0.1) is 34.0 Å². The molecule has 0 bridgehead atoms. The van der Waals surface area contributed by atoms with Crippen LogP contribution in [-0.4, -0.2) is 0 Å². The van der Waals surface area contributed by atoms with Crippen molar-refractivity contribution < 1.29 is 0 Å². The number of rotatable bonds is 1. The van der Waals surface area contributed by atoms with Gasteiger partial charge in [-0.2, -0.15) is 15.8 Å². The quantitative estimate of drug-likeness (QED) is 0.638. The van der Waals surface area contributed by atoms with E-state index in [4.69, 9.17) is 15.8 Å². The van der Waals surface area contributed by atoms with Crippen LogP contribution in [0.4, 0.5) is 0 Å². The van der Waals surface area contributed by atoms with Gasteiger partial charge in [-0.15, -0.1) is 0 Å². The Morgan fingerprint density at radius 1 is 1.08 bits per heavy atom. The molecule has 0 amide bonds. The zero-order valence-electron chi connectivity index (χ0n) is 6.73. The molecule has 0 saturated heterocycles. The lowest BCUT2D eigenvalue weighted by molar-refractivity contribution is 1.10. The Labute approximate surface area is 76.1 Å². The van der Waals surface area contributed by atoms with Gasteiger partial charge in [-0.3, -0.25) is 0 Å². The van der Waals surface area contributed by atoms with Crippen molar-refractivity contribution in [2.24, 2.45) is 0 Å². The molecular formula is C10H5N3. The molecule has 13 heavy (non-hydrogen) atoms. The maximum Gasteiger partial charge on any atom is 0.158 e. The molecule has 3 nitrogen and oxygen atoms in total. The predicted octanol–water partition coefficient (Wildman–Crippen LogP) is 1.69. The monoisotopic (exact) mass is 167 g/mol. The van der Waals surface area contributed by atoms with Crippen molar-refractivity contribution in [2.45, 2.75) is 5.92 Å². The molecule has 3 heteroatoms. The minimum absolute atomic E-state index is 0.466. The van der Waals surface area contributed by atoms with E-state index in [2.05, 4.69) is 0 Å². The third-order valence-electron chi connectivity index (χ3n) is 1.61. The minimum Gasteiger partial charge on any atom is -0.196 e. The molecule has 0 radical (unpaired) electrons. The zero-order chi connectivity index (χ0) is 9.68. The molecule has 0 aliphatic rings. The largest absolute Gasteiger partial charge is 0.196 e. The third kappa shape index (κ3) is 1.83. The first-order valence-electron chi connectivity index (χ1n) is 3.61. The number of nitrogens with zero attached hydrogens (tertiary/aromatic N) is 3. The molecule has 0 N–H and O–H groups in total. The van der Waals surface area contributed by atoms with Crippen LogP contribution in [0.5, 0.6) is 0 Å². The summed E-state index contributed by atoms with van der Waals surface area (Å²) < 4.78 is 0. The van der Waals surface area contributed by atoms with Gasteiger partial charge >= 0.3 is 0 Å². The van der Waals surface area contributed by atoms with Crippen LogP contribution in [-0.2, 0) is 0 Å². The normalized spacial score (nSPS) is 8.46. The number of hydrogen-bond donors (Lipinski definition) is 0.